The van der Waals surface area contributed by atoms with Crippen LogP contribution in [-0.2, 0) is 19.4 Å². The number of fused-ring (bicyclic) bond motifs is 1. The van der Waals surface area contributed by atoms with Crippen molar-refractivity contribution < 1.29 is 0 Å². The largest absolute Gasteiger partial charge is 0.292 e. The van der Waals surface area contributed by atoms with Crippen LogP contribution in [0.2, 0.25) is 0 Å². The van der Waals surface area contributed by atoms with Gasteiger partial charge in [0, 0.05) is 6.42 Å². The van der Waals surface area contributed by atoms with Gasteiger partial charge in [-0.25, -0.2) is 4.98 Å². The third-order valence-corrected chi connectivity index (χ3v) is 5.21. The Bertz CT molecular complexity index is 1160. The minimum Gasteiger partial charge on any atom is -0.292 e. The van der Waals surface area contributed by atoms with Crippen LogP contribution >= 0.6 is 0 Å². The average Bonchev–Trinajstić information content (AvgIpc) is 2.71. The first kappa shape index (κ1) is 18.2. The Hall–Kier alpha value is -3.20. The summed E-state index contributed by atoms with van der Waals surface area (Å²) >= 11 is 0. The Morgan fingerprint density at radius 2 is 1.54 bits per heavy atom. The number of aryl methyl sites for hydroxylation is 4. The molecule has 0 saturated heterocycles. The molecule has 4 rings (SSSR count). The minimum absolute atomic E-state index is 0.0384. The van der Waals surface area contributed by atoms with Crippen molar-refractivity contribution in [1.29, 1.82) is 0 Å². The zero-order chi connectivity index (χ0) is 19.5. The van der Waals surface area contributed by atoms with Gasteiger partial charge in [-0.15, -0.1) is 0 Å². The molecule has 0 saturated carbocycles. The molecule has 0 fully saturated rings. The van der Waals surface area contributed by atoms with Gasteiger partial charge in [-0.1, -0.05) is 72.3 Å². The second kappa shape index (κ2) is 7.81. The van der Waals surface area contributed by atoms with Gasteiger partial charge in [0.1, 0.15) is 5.82 Å². The van der Waals surface area contributed by atoms with Gasteiger partial charge in [-0.2, -0.15) is 0 Å². The van der Waals surface area contributed by atoms with Crippen LogP contribution in [0.15, 0.2) is 77.6 Å². The molecule has 4 aromatic rings. The van der Waals surface area contributed by atoms with E-state index in [1.54, 1.807) is 0 Å². The van der Waals surface area contributed by atoms with Crippen molar-refractivity contribution in [3.63, 3.8) is 0 Å². The Morgan fingerprint density at radius 3 is 2.29 bits per heavy atom. The topological polar surface area (TPSA) is 34.9 Å². The van der Waals surface area contributed by atoms with Gasteiger partial charge in [0.15, 0.2) is 0 Å². The lowest BCUT2D eigenvalue weighted by Crippen LogP contribution is -2.26. The fraction of sp³-hybridized carbons (Fsp3) is 0.200. The van der Waals surface area contributed by atoms with E-state index in [2.05, 4.69) is 43.3 Å². The molecule has 1 heterocycles. The maximum absolute atomic E-state index is 13.3. The minimum atomic E-state index is 0.0384. The van der Waals surface area contributed by atoms with Crippen molar-refractivity contribution in [3.8, 4) is 0 Å². The summed E-state index contributed by atoms with van der Waals surface area (Å²) in [5, 5.41) is 0.690. The first-order valence-corrected chi connectivity index (χ1v) is 9.70. The smallest absolute Gasteiger partial charge is 0.261 e. The second-order valence-corrected chi connectivity index (χ2v) is 7.36. The summed E-state index contributed by atoms with van der Waals surface area (Å²) in [6.07, 6.45) is 1.59. The summed E-state index contributed by atoms with van der Waals surface area (Å²) in [6.45, 7) is 4.65. The predicted molar refractivity (Wildman–Crippen MR) is 115 cm³/mol. The van der Waals surface area contributed by atoms with Crippen molar-refractivity contribution in [2.24, 2.45) is 0 Å². The van der Waals surface area contributed by atoms with Crippen molar-refractivity contribution >= 4 is 10.9 Å². The van der Waals surface area contributed by atoms with Gasteiger partial charge >= 0.3 is 0 Å². The lowest BCUT2D eigenvalue weighted by molar-refractivity contribution is 0.670. The Labute approximate surface area is 165 Å². The molecule has 0 aliphatic carbocycles. The SMILES string of the molecule is Cc1ccc(CCc2nc3c(C)cccc3c(=O)n2Cc2ccccc2)cc1. The summed E-state index contributed by atoms with van der Waals surface area (Å²) < 4.78 is 1.84. The van der Waals surface area contributed by atoms with E-state index in [4.69, 9.17) is 4.98 Å². The fourth-order valence-corrected chi connectivity index (χ4v) is 3.56. The van der Waals surface area contributed by atoms with Gasteiger partial charge in [0.2, 0.25) is 0 Å². The van der Waals surface area contributed by atoms with Crippen LogP contribution in [0.25, 0.3) is 10.9 Å². The van der Waals surface area contributed by atoms with Gasteiger partial charge < -0.3 is 0 Å². The molecule has 28 heavy (non-hydrogen) atoms. The standard InChI is InChI=1S/C25H24N2O/c1-18-11-13-20(14-12-18)15-16-23-26-24-19(2)7-6-10-22(24)25(28)27(23)17-21-8-4-3-5-9-21/h3-14H,15-17H2,1-2H3. The van der Waals surface area contributed by atoms with Gasteiger partial charge in [0.25, 0.3) is 5.56 Å². The van der Waals surface area contributed by atoms with Crippen molar-refractivity contribution in [1.82, 2.24) is 9.55 Å². The van der Waals surface area contributed by atoms with Gasteiger partial charge in [-0.05, 0) is 43.0 Å². The van der Waals surface area contributed by atoms with Crippen LogP contribution in [0.3, 0.4) is 0 Å². The van der Waals surface area contributed by atoms with Crippen LogP contribution in [0, 0.1) is 13.8 Å². The van der Waals surface area contributed by atoms with E-state index in [-0.39, 0.29) is 5.56 Å². The normalized spacial score (nSPS) is 11.1. The number of benzene rings is 3. The fourth-order valence-electron chi connectivity index (χ4n) is 3.56. The van der Waals surface area contributed by atoms with E-state index in [1.807, 2.05) is 47.9 Å². The Kier molecular flexibility index (Phi) is 5.07. The number of para-hydroxylation sites is 1. The number of rotatable bonds is 5. The predicted octanol–water partition coefficient (Wildman–Crippen LogP) is 4.85. The summed E-state index contributed by atoms with van der Waals surface area (Å²) in [7, 11) is 0. The van der Waals surface area contributed by atoms with E-state index >= 15 is 0 Å². The number of hydrogen-bond donors (Lipinski definition) is 0. The molecule has 0 aliphatic heterocycles. The summed E-state index contributed by atoms with van der Waals surface area (Å²) in [6, 6.07) is 24.5. The highest BCUT2D eigenvalue weighted by molar-refractivity contribution is 5.80. The van der Waals surface area contributed by atoms with Crippen molar-refractivity contribution in [2.75, 3.05) is 0 Å². The molecule has 3 heteroatoms. The molecule has 140 valence electrons. The third kappa shape index (κ3) is 3.74. The molecule has 1 aromatic heterocycles. The highest BCUT2D eigenvalue weighted by atomic mass is 16.1. The zero-order valence-electron chi connectivity index (χ0n) is 16.4. The van der Waals surface area contributed by atoms with Gasteiger partial charge in [0.05, 0.1) is 17.4 Å². The lowest BCUT2D eigenvalue weighted by atomic mass is 10.1. The molecule has 0 spiro atoms. The molecule has 3 aromatic carbocycles. The summed E-state index contributed by atoms with van der Waals surface area (Å²) in [5.74, 6) is 0.844. The van der Waals surface area contributed by atoms with E-state index in [0.717, 1.165) is 35.3 Å². The number of aromatic nitrogens is 2. The van der Waals surface area contributed by atoms with E-state index in [0.29, 0.717) is 11.9 Å². The highest BCUT2D eigenvalue weighted by Gasteiger charge is 2.13. The monoisotopic (exact) mass is 368 g/mol. The molecule has 0 radical (unpaired) electrons. The molecule has 0 atom stereocenters. The van der Waals surface area contributed by atoms with E-state index < -0.39 is 0 Å². The van der Waals surface area contributed by atoms with E-state index in [1.165, 1.54) is 11.1 Å². The van der Waals surface area contributed by atoms with Crippen LogP contribution in [-0.4, -0.2) is 9.55 Å². The quantitative estimate of drug-likeness (QED) is 0.505. The Morgan fingerprint density at radius 1 is 0.786 bits per heavy atom. The molecule has 0 unspecified atom stereocenters. The summed E-state index contributed by atoms with van der Waals surface area (Å²) in [4.78, 5) is 18.2. The van der Waals surface area contributed by atoms with Crippen molar-refractivity contribution in [2.45, 2.75) is 33.2 Å². The Balaban J connectivity index is 1.77. The van der Waals surface area contributed by atoms with Crippen LogP contribution in [0.4, 0.5) is 0 Å². The first-order valence-electron chi connectivity index (χ1n) is 9.70. The zero-order valence-corrected chi connectivity index (χ0v) is 16.4. The molecule has 0 aliphatic rings. The van der Waals surface area contributed by atoms with Crippen LogP contribution < -0.4 is 5.56 Å². The summed E-state index contributed by atoms with van der Waals surface area (Å²) in [5.41, 5.74) is 5.51. The van der Waals surface area contributed by atoms with Crippen LogP contribution in [0.1, 0.15) is 28.1 Å². The maximum atomic E-state index is 13.3. The van der Waals surface area contributed by atoms with Gasteiger partial charge in [-0.3, -0.25) is 9.36 Å². The van der Waals surface area contributed by atoms with E-state index in [9.17, 15) is 4.79 Å². The second-order valence-electron chi connectivity index (χ2n) is 7.36. The molecule has 0 N–H and O–H groups in total. The molecule has 3 nitrogen and oxygen atoms in total. The first-order chi connectivity index (χ1) is 13.6. The third-order valence-electron chi connectivity index (χ3n) is 5.21. The molecule has 0 bridgehead atoms. The lowest BCUT2D eigenvalue weighted by Gasteiger charge is -2.15. The maximum Gasteiger partial charge on any atom is 0.261 e. The molecular formula is C25H24N2O. The number of hydrogen-bond acceptors (Lipinski definition) is 2. The van der Waals surface area contributed by atoms with Crippen LogP contribution in [0.5, 0.6) is 0 Å². The number of nitrogens with zero attached hydrogens (tertiary/aromatic N) is 2. The molecule has 0 amide bonds. The van der Waals surface area contributed by atoms with Crippen molar-refractivity contribution in [3.05, 3.63) is 111 Å². The average molecular weight is 368 g/mol. The highest BCUT2D eigenvalue weighted by Crippen LogP contribution is 2.16. The molecular weight excluding hydrogens is 344 g/mol.